The summed E-state index contributed by atoms with van der Waals surface area (Å²) < 4.78 is 4.82. The number of hydrogen-bond donors (Lipinski definition) is 1. The number of carbonyl (C=O) groups excluding carboxylic acids is 1. The van der Waals surface area contributed by atoms with E-state index in [2.05, 4.69) is 0 Å². The molecule has 10 heavy (non-hydrogen) atoms. The highest BCUT2D eigenvalue weighted by Gasteiger charge is 2.27. The Kier molecular flexibility index (Phi) is 2.24. The highest BCUT2D eigenvalue weighted by atomic mass is 16.5. The second-order valence-electron chi connectivity index (χ2n) is 2.33. The molecule has 0 spiro atoms. The number of carbonyl (C=O) groups is 1. The summed E-state index contributed by atoms with van der Waals surface area (Å²) in [6.07, 6.45) is 1.09. The molecule has 4 nitrogen and oxygen atoms in total. The van der Waals surface area contributed by atoms with E-state index in [0.29, 0.717) is 13.0 Å². The molecule has 1 heterocycles. The number of methoxy groups -OCH3 is 1. The molecule has 58 valence electrons. The Labute approximate surface area is 59.3 Å². The minimum absolute atomic E-state index is 0.325. The number of hydrogen-bond acceptors (Lipinski definition) is 3. The molecule has 0 radical (unpaired) electrons. The van der Waals surface area contributed by atoms with E-state index in [1.54, 1.807) is 0 Å². The maximum Gasteiger partial charge on any atom is 0.274 e. The summed E-state index contributed by atoms with van der Waals surface area (Å²) in [7, 11) is 1.47. The van der Waals surface area contributed by atoms with Gasteiger partial charge in [-0.3, -0.25) is 10.0 Å². The highest BCUT2D eigenvalue weighted by molar-refractivity contribution is 5.80. The van der Waals surface area contributed by atoms with Crippen molar-refractivity contribution in [2.75, 3.05) is 13.7 Å². The molecule has 0 aromatic carbocycles. The number of ether oxygens (including phenoxy) is 1. The minimum Gasteiger partial charge on any atom is -0.372 e. The fraction of sp³-hybridized carbons (Fsp3) is 0.833. The molecular weight excluding hydrogens is 134 g/mol. The summed E-state index contributed by atoms with van der Waals surface area (Å²) in [5, 5.41) is 9.60. The van der Waals surface area contributed by atoms with Gasteiger partial charge in [-0.25, -0.2) is 5.06 Å². The van der Waals surface area contributed by atoms with Crippen molar-refractivity contribution in [3.05, 3.63) is 0 Å². The lowest BCUT2D eigenvalue weighted by atomic mass is 10.1. The first-order valence-corrected chi connectivity index (χ1v) is 3.28. The van der Waals surface area contributed by atoms with E-state index in [9.17, 15) is 4.79 Å². The molecule has 1 unspecified atom stereocenters. The largest absolute Gasteiger partial charge is 0.372 e. The van der Waals surface area contributed by atoms with Crippen LogP contribution in [0, 0.1) is 0 Å². The van der Waals surface area contributed by atoms with E-state index in [0.717, 1.165) is 11.5 Å². The molecule has 0 bridgehead atoms. The van der Waals surface area contributed by atoms with Crippen LogP contribution in [0.3, 0.4) is 0 Å². The van der Waals surface area contributed by atoms with Gasteiger partial charge in [-0.1, -0.05) is 0 Å². The van der Waals surface area contributed by atoms with Crippen molar-refractivity contribution in [1.29, 1.82) is 0 Å². The minimum atomic E-state index is -0.432. The van der Waals surface area contributed by atoms with Crippen LogP contribution in [0.25, 0.3) is 0 Å². The number of nitrogens with zero attached hydrogens (tertiary/aromatic N) is 1. The second kappa shape index (κ2) is 2.98. The van der Waals surface area contributed by atoms with Crippen LogP contribution in [0.15, 0.2) is 0 Å². The third-order valence-electron chi connectivity index (χ3n) is 1.65. The van der Waals surface area contributed by atoms with E-state index in [-0.39, 0.29) is 5.91 Å². The van der Waals surface area contributed by atoms with Crippen LogP contribution in [-0.4, -0.2) is 35.9 Å². The van der Waals surface area contributed by atoms with Gasteiger partial charge in [0.2, 0.25) is 0 Å². The molecule has 1 N–H and O–H groups in total. The van der Waals surface area contributed by atoms with Crippen LogP contribution in [0.2, 0.25) is 0 Å². The fourth-order valence-electron chi connectivity index (χ4n) is 1.04. The van der Waals surface area contributed by atoms with Crippen LogP contribution < -0.4 is 0 Å². The standard InChI is InChI=1S/C6H11NO3/c1-10-5-3-2-4-7(9)6(5)8/h5,9H,2-4H2,1H3. The molecule has 0 aliphatic carbocycles. The summed E-state index contributed by atoms with van der Waals surface area (Å²) in [6.45, 7) is 0.429. The summed E-state index contributed by atoms with van der Waals surface area (Å²) in [5.74, 6) is -0.325. The molecule has 1 saturated heterocycles. The molecule has 1 fully saturated rings. The molecule has 1 rings (SSSR count). The van der Waals surface area contributed by atoms with E-state index in [1.807, 2.05) is 0 Å². The van der Waals surface area contributed by atoms with E-state index in [4.69, 9.17) is 9.94 Å². The van der Waals surface area contributed by atoms with Crippen molar-refractivity contribution in [2.45, 2.75) is 18.9 Å². The Morgan fingerprint density at radius 2 is 2.50 bits per heavy atom. The number of rotatable bonds is 1. The first kappa shape index (κ1) is 7.50. The van der Waals surface area contributed by atoms with Crippen LogP contribution in [0.1, 0.15) is 12.8 Å². The van der Waals surface area contributed by atoms with Crippen molar-refractivity contribution in [3.63, 3.8) is 0 Å². The summed E-state index contributed by atoms with van der Waals surface area (Å²) in [5.41, 5.74) is 0. The Morgan fingerprint density at radius 3 is 3.00 bits per heavy atom. The average molecular weight is 145 g/mol. The molecule has 0 aromatic heterocycles. The average Bonchev–Trinajstić information content (AvgIpc) is 1.95. The summed E-state index contributed by atoms with van der Waals surface area (Å²) >= 11 is 0. The molecular formula is C6H11NO3. The quantitative estimate of drug-likeness (QED) is 0.529. The predicted molar refractivity (Wildman–Crippen MR) is 33.5 cm³/mol. The fourth-order valence-corrected chi connectivity index (χ4v) is 1.04. The third-order valence-corrected chi connectivity index (χ3v) is 1.65. The van der Waals surface area contributed by atoms with Gasteiger partial charge in [-0.15, -0.1) is 0 Å². The molecule has 0 aromatic rings. The van der Waals surface area contributed by atoms with Gasteiger partial charge in [-0.05, 0) is 12.8 Å². The lowest BCUT2D eigenvalue weighted by Gasteiger charge is -2.25. The number of piperidine rings is 1. The van der Waals surface area contributed by atoms with Crippen LogP contribution >= 0.6 is 0 Å². The van der Waals surface area contributed by atoms with Gasteiger partial charge in [0, 0.05) is 13.7 Å². The van der Waals surface area contributed by atoms with Crippen molar-refractivity contribution >= 4 is 5.91 Å². The maximum absolute atomic E-state index is 10.9. The normalized spacial score (nSPS) is 27.2. The predicted octanol–water partition coefficient (Wildman–Crippen LogP) is 0.0130. The summed E-state index contributed by atoms with van der Waals surface area (Å²) in [4.78, 5) is 10.9. The Balaban J connectivity index is 2.51. The van der Waals surface area contributed by atoms with Gasteiger partial charge < -0.3 is 4.74 Å². The van der Waals surface area contributed by atoms with Gasteiger partial charge in [0.15, 0.2) is 0 Å². The van der Waals surface area contributed by atoms with Crippen LogP contribution in [0.4, 0.5) is 0 Å². The highest BCUT2D eigenvalue weighted by Crippen LogP contribution is 2.11. The molecule has 1 amide bonds. The molecule has 1 aliphatic rings. The lowest BCUT2D eigenvalue weighted by molar-refractivity contribution is -0.183. The van der Waals surface area contributed by atoms with Gasteiger partial charge in [-0.2, -0.15) is 0 Å². The zero-order chi connectivity index (χ0) is 7.56. The Hall–Kier alpha value is -0.610. The lowest BCUT2D eigenvalue weighted by Crippen LogP contribution is -2.42. The van der Waals surface area contributed by atoms with Crippen molar-refractivity contribution in [3.8, 4) is 0 Å². The zero-order valence-corrected chi connectivity index (χ0v) is 5.91. The number of amides is 1. The van der Waals surface area contributed by atoms with Gasteiger partial charge >= 0.3 is 0 Å². The van der Waals surface area contributed by atoms with Gasteiger partial charge in [0.05, 0.1) is 0 Å². The number of hydroxylamine groups is 2. The van der Waals surface area contributed by atoms with E-state index in [1.165, 1.54) is 7.11 Å². The SMILES string of the molecule is COC1CCCN(O)C1=O. The molecule has 4 heteroatoms. The third kappa shape index (κ3) is 1.27. The smallest absolute Gasteiger partial charge is 0.274 e. The van der Waals surface area contributed by atoms with Gasteiger partial charge in [0.25, 0.3) is 5.91 Å². The van der Waals surface area contributed by atoms with E-state index < -0.39 is 6.10 Å². The first-order chi connectivity index (χ1) is 4.75. The van der Waals surface area contributed by atoms with Crippen molar-refractivity contribution in [1.82, 2.24) is 5.06 Å². The topological polar surface area (TPSA) is 49.8 Å². The maximum atomic E-state index is 10.9. The van der Waals surface area contributed by atoms with Crippen LogP contribution in [0.5, 0.6) is 0 Å². The molecule has 1 aliphatic heterocycles. The van der Waals surface area contributed by atoms with E-state index >= 15 is 0 Å². The monoisotopic (exact) mass is 145 g/mol. The Bertz CT molecular complexity index is 137. The summed E-state index contributed by atoms with van der Waals surface area (Å²) in [6, 6.07) is 0. The Morgan fingerprint density at radius 1 is 1.80 bits per heavy atom. The molecule has 1 atom stereocenters. The first-order valence-electron chi connectivity index (χ1n) is 3.28. The second-order valence-corrected chi connectivity index (χ2v) is 2.33. The van der Waals surface area contributed by atoms with Crippen molar-refractivity contribution in [2.24, 2.45) is 0 Å². The zero-order valence-electron chi connectivity index (χ0n) is 5.91. The van der Waals surface area contributed by atoms with Crippen LogP contribution in [-0.2, 0) is 9.53 Å². The van der Waals surface area contributed by atoms with Gasteiger partial charge in [0.1, 0.15) is 6.10 Å². The van der Waals surface area contributed by atoms with Crippen molar-refractivity contribution < 1.29 is 14.7 Å². The molecule has 0 saturated carbocycles.